The van der Waals surface area contributed by atoms with Gasteiger partial charge in [0.2, 0.25) is 0 Å². The highest BCUT2D eigenvalue weighted by Gasteiger charge is 2.16. The molecule has 154 valence electrons. The Kier molecular flexibility index (Phi) is 6.63. The Hall–Kier alpha value is -3.88. The number of allylic oxidation sites excluding steroid dienone is 1. The second-order valence-corrected chi connectivity index (χ2v) is 6.78. The summed E-state index contributed by atoms with van der Waals surface area (Å²) in [6.07, 6.45) is 7.67. The second-order valence-electron chi connectivity index (χ2n) is 6.78. The summed E-state index contributed by atoms with van der Waals surface area (Å²) >= 11 is 0. The number of halogens is 1. The number of anilines is 1. The Bertz CT molecular complexity index is 1050. The quantitative estimate of drug-likeness (QED) is 0.497. The zero-order valence-corrected chi connectivity index (χ0v) is 16.6. The van der Waals surface area contributed by atoms with Crippen molar-refractivity contribution in [1.82, 2.24) is 25.3 Å². The highest BCUT2D eigenvalue weighted by atomic mass is 19.1. The number of nitrogens with zero attached hydrogens (tertiary/aromatic N) is 4. The summed E-state index contributed by atoms with van der Waals surface area (Å²) in [6.45, 7) is 3.74. The molecular weight excluding hydrogens is 385 g/mol. The number of carbonyl (C=O) groups excluding carboxylic acids is 1. The van der Waals surface area contributed by atoms with Crippen LogP contribution in [0.3, 0.4) is 0 Å². The zero-order chi connectivity index (χ0) is 21.5. The summed E-state index contributed by atoms with van der Waals surface area (Å²) in [5.74, 6) is -0.202. The topological polar surface area (TPSA) is 109 Å². The van der Waals surface area contributed by atoms with E-state index < -0.39 is 5.82 Å². The van der Waals surface area contributed by atoms with Crippen molar-refractivity contribution in [3.05, 3.63) is 78.1 Å². The van der Waals surface area contributed by atoms with Crippen molar-refractivity contribution >= 4 is 17.4 Å². The van der Waals surface area contributed by atoms with E-state index in [1.807, 2.05) is 19.9 Å². The molecule has 3 N–H and O–H groups in total. The highest BCUT2D eigenvalue weighted by Crippen LogP contribution is 2.15. The number of hydrogen-bond acceptors (Lipinski definition) is 6. The monoisotopic (exact) mass is 407 g/mol. The fraction of sp³-hybridized carbons (Fsp3) is 0.190. The first kappa shape index (κ1) is 20.8. The lowest BCUT2D eigenvalue weighted by Gasteiger charge is -2.15. The average molecular weight is 407 g/mol. The van der Waals surface area contributed by atoms with E-state index in [0.29, 0.717) is 29.2 Å². The van der Waals surface area contributed by atoms with Crippen molar-refractivity contribution in [3.63, 3.8) is 0 Å². The van der Waals surface area contributed by atoms with Crippen LogP contribution in [-0.4, -0.2) is 37.6 Å². The first-order valence-corrected chi connectivity index (χ1v) is 9.32. The van der Waals surface area contributed by atoms with E-state index >= 15 is 0 Å². The van der Waals surface area contributed by atoms with E-state index in [9.17, 15) is 9.18 Å². The molecule has 1 amide bonds. The number of carbonyl (C=O) groups is 1. The number of rotatable bonds is 8. The van der Waals surface area contributed by atoms with Crippen LogP contribution >= 0.6 is 0 Å². The molecule has 0 saturated carbocycles. The van der Waals surface area contributed by atoms with Gasteiger partial charge in [-0.25, -0.2) is 9.37 Å². The second kappa shape index (κ2) is 9.55. The highest BCUT2D eigenvalue weighted by molar-refractivity contribution is 5.99. The number of amides is 1. The van der Waals surface area contributed by atoms with Gasteiger partial charge in [-0.3, -0.25) is 4.79 Å². The minimum absolute atomic E-state index is 0.260. The summed E-state index contributed by atoms with van der Waals surface area (Å²) in [4.78, 5) is 18.1. The zero-order valence-electron chi connectivity index (χ0n) is 16.6. The van der Waals surface area contributed by atoms with Gasteiger partial charge < -0.3 is 16.0 Å². The Balaban J connectivity index is 1.58. The third-order valence-corrected chi connectivity index (χ3v) is 4.18. The molecule has 30 heavy (non-hydrogen) atoms. The van der Waals surface area contributed by atoms with Crippen LogP contribution in [-0.2, 0) is 0 Å². The number of hydrogen-bond donors (Lipinski definition) is 3. The van der Waals surface area contributed by atoms with Gasteiger partial charge in [0.25, 0.3) is 5.91 Å². The van der Waals surface area contributed by atoms with Crippen LogP contribution in [0.1, 0.15) is 29.3 Å². The number of benzene rings is 1. The summed E-state index contributed by atoms with van der Waals surface area (Å²) in [6, 6.07) is 8.00. The van der Waals surface area contributed by atoms with Gasteiger partial charge in [-0.1, -0.05) is 11.6 Å². The molecule has 9 heteroatoms. The molecule has 0 aliphatic rings. The van der Waals surface area contributed by atoms with Crippen LogP contribution < -0.4 is 10.6 Å². The molecule has 0 bridgehead atoms. The first-order valence-electron chi connectivity index (χ1n) is 9.32. The van der Waals surface area contributed by atoms with E-state index in [1.54, 1.807) is 36.8 Å². The van der Waals surface area contributed by atoms with Crippen LogP contribution in [0.2, 0.25) is 0 Å². The van der Waals surface area contributed by atoms with Crippen molar-refractivity contribution in [1.29, 1.82) is 5.41 Å². The fourth-order valence-corrected chi connectivity index (χ4v) is 2.79. The van der Waals surface area contributed by atoms with E-state index in [2.05, 4.69) is 25.8 Å². The molecule has 1 unspecified atom stereocenters. The van der Waals surface area contributed by atoms with Gasteiger partial charge in [-0.05, 0) is 44.2 Å². The van der Waals surface area contributed by atoms with Gasteiger partial charge in [-0.2, -0.15) is 15.0 Å². The Morgan fingerprint density at radius 3 is 2.73 bits per heavy atom. The Labute approximate surface area is 173 Å². The van der Waals surface area contributed by atoms with Crippen molar-refractivity contribution in [2.75, 3.05) is 5.32 Å². The largest absolute Gasteiger partial charge is 0.349 e. The molecule has 2 heterocycles. The van der Waals surface area contributed by atoms with Crippen molar-refractivity contribution < 1.29 is 9.18 Å². The van der Waals surface area contributed by atoms with Gasteiger partial charge in [0.1, 0.15) is 11.6 Å². The summed E-state index contributed by atoms with van der Waals surface area (Å²) < 4.78 is 12.8. The number of aryl methyl sites for hydroxylation is 1. The third kappa shape index (κ3) is 5.57. The van der Waals surface area contributed by atoms with Gasteiger partial charge >= 0.3 is 0 Å². The molecule has 0 fully saturated rings. The molecule has 0 saturated heterocycles. The molecule has 8 nitrogen and oxygen atoms in total. The van der Waals surface area contributed by atoms with Crippen molar-refractivity contribution in [3.8, 4) is 5.69 Å². The normalized spacial score (nSPS) is 12.0. The lowest BCUT2D eigenvalue weighted by molar-refractivity contribution is 0.0941. The maximum absolute atomic E-state index is 12.8. The molecule has 1 aromatic carbocycles. The van der Waals surface area contributed by atoms with Gasteiger partial charge in [-0.15, -0.1) is 0 Å². The fourth-order valence-electron chi connectivity index (χ4n) is 2.79. The summed E-state index contributed by atoms with van der Waals surface area (Å²) in [5, 5.41) is 22.1. The predicted molar refractivity (Wildman–Crippen MR) is 112 cm³/mol. The van der Waals surface area contributed by atoms with Gasteiger partial charge in [0.15, 0.2) is 0 Å². The molecule has 1 atom stereocenters. The summed E-state index contributed by atoms with van der Waals surface area (Å²) in [7, 11) is 0. The summed E-state index contributed by atoms with van der Waals surface area (Å²) in [5.41, 5.74) is 2.31. The van der Waals surface area contributed by atoms with Gasteiger partial charge in [0.05, 0.1) is 29.8 Å². The molecule has 3 aromatic rings. The van der Waals surface area contributed by atoms with Crippen LogP contribution in [0.4, 0.5) is 10.2 Å². The molecule has 3 rings (SSSR count). The van der Waals surface area contributed by atoms with Crippen molar-refractivity contribution in [2.24, 2.45) is 0 Å². The Morgan fingerprint density at radius 2 is 2.03 bits per heavy atom. The lowest BCUT2D eigenvalue weighted by Crippen LogP contribution is -2.34. The lowest BCUT2D eigenvalue weighted by atomic mass is 10.1. The number of aromatic nitrogens is 4. The molecule has 0 aliphatic carbocycles. The average Bonchev–Trinajstić information content (AvgIpc) is 3.24. The maximum atomic E-state index is 12.8. The van der Waals surface area contributed by atoms with Crippen molar-refractivity contribution in [2.45, 2.75) is 26.3 Å². The molecular formula is C21H22FN7O. The maximum Gasteiger partial charge on any atom is 0.253 e. The van der Waals surface area contributed by atoms with Gasteiger partial charge in [0, 0.05) is 24.4 Å². The smallest absolute Gasteiger partial charge is 0.253 e. The van der Waals surface area contributed by atoms with Crippen LogP contribution in [0.15, 0.2) is 61.2 Å². The standard InChI is InChI=1S/C21H22FN7O/c1-14-3-5-19(29-26-9-10-27-29)18(11-14)21(30)28-15(2)12-17(23)7-8-24-20-6-4-16(22)13-25-20/h3-11,13,15,23H,12H2,1-2H3,(H,24,25)(H,28,30)/b8-7-,23-17?. The van der Waals surface area contributed by atoms with E-state index in [4.69, 9.17) is 5.41 Å². The van der Waals surface area contributed by atoms with E-state index in [1.165, 1.54) is 16.9 Å². The van der Waals surface area contributed by atoms with E-state index in [0.717, 1.165) is 11.8 Å². The molecule has 0 aliphatic heterocycles. The number of nitrogens with one attached hydrogen (secondary N) is 3. The van der Waals surface area contributed by atoms with Crippen LogP contribution in [0.5, 0.6) is 0 Å². The van der Waals surface area contributed by atoms with E-state index in [-0.39, 0.29) is 11.9 Å². The first-order chi connectivity index (χ1) is 14.4. The molecule has 0 radical (unpaired) electrons. The molecule has 0 spiro atoms. The Morgan fingerprint density at radius 1 is 1.27 bits per heavy atom. The van der Waals surface area contributed by atoms with Crippen LogP contribution in [0, 0.1) is 18.2 Å². The predicted octanol–water partition coefficient (Wildman–Crippen LogP) is 3.26. The SMILES string of the molecule is Cc1ccc(-n2nccn2)c(C(=O)NC(C)CC(=N)/C=C\Nc2ccc(F)cn2)c1. The minimum Gasteiger partial charge on any atom is -0.349 e. The van der Waals surface area contributed by atoms with Crippen LogP contribution in [0.25, 0.3) is 5.69 Å². The minimum atomic E-state index is -0.415. The third-order valence-electron chi connectivity index (χ3n) is 4.18. The molecule has 2 aromatic heterocycles. The number of pyridine rings is 1.